The van der Waals surface area contributed by atoms with Crippen molar-refractivity contribution >= 4 is 0 Å². The van der Waals surface area contributed by atoms with Crippen molar-refractivity contribution in [3.05, 3.63) is 29.8 Å². The van der Waals surface area contributed by atoms with Gasteiger partial charge in [-0.15, -0.1) is 0 Å². The number of aliphatic hydroxyl groups excluding tert-OH is 2. The molecule has 88 valence electrons. The Kier molecular flexibility index (Phi) is 3.40. The number of aromatic hydroxyl groups is 1. The maximum Gasteiger partial charge on any atom is 0.189 e. The molecular formula is C11H14O5. The molecule has 5 nitrogen and oxygen atoms in total. The third-order valence-electron chi connectivity index (χ3n) is 2.36. The summed E-state index contributed by atoms with van der Waals surface area (Å²) in [7, 11) is 0. The van der Waals surface area contributed by atoms with Crippen LogP contribution in [0.1, 0.15) is 11.7 Å². The fourth-order valence-corrected chi connectivity index (χ4v) is 1.43. The molecule has 1 fully saturated rings. The van der Waals surface area contributed by atoms with Gasteiger partial charge in [-0.05, 0) is 6.07 Å². The van der Waals surface area contributed by atoms with Crippen molar-refractivity contribution in [1.29, 1.82) is 0 Å². The molecule has 1 aromatic rings. The number of para-hydroxylation sites is 1. The van der Waals surface area contributed by atoms with E-state index < -0.39 is 12.4 Å². The van der Waals surface area contributed by atoms with E-state index in [0.29, 0.717) is 5.56 Å². The predicted octanol–water partition coefficient (Wildman–Crippen LogP) is 0.159. The van der Waals surface area contributed by atoms with Gasteiger partial charge < -0.3 is 24.8 Å². The van der Waals surface area contributed by atoms with Crippen molar-refractivity contribution in [2.75, 3.05) is 13.2 Å². The van der Waals surface area contributed by atoms with Gasteiger partial charge in [0.1, 0.15) is 18.0 Å². The van der Waals surface area contributed by atoms with Gasteiger partial charge in [0.05, 0.1) is 13.2 Å². The minimum atomic E-state index is -0.894. The molecule has 0 aromatic heterocycles. The van der Waals surface area contributed by atoms with Crippen LogP contribution in [0.3, 0.4) is 0 Å². The monoisotopic (exact) mass is 226 g/mol. The molecule has 16 heavy (non-hydrogen) atoms. The van der Waals surface area contributed by atoms with Crippen molar-refractivity contribution in [2.24, 2.45) is 0 Å². The highest BCUT2D eigenvalue weighted by atomic mass is 16.8. The quantitative estimate of drug-likeness (QED) is 0.623. The van der Waals surface area contributed by atoms with Crippen molar-refractivity contribution in [2.45, 2.75) is 18.5 Å². The van der Waals surface area contributed by atoms with Crippen molar-refractivity contribution < 1.29 is 24.8 Å². The second-order valence-electron chi connectivity index (χ2n) is 3.65. The summed E-state index contributed by atoms with van der Waals surface area (Å²) in [5.41, 5.74) is 0.672. The number of phenolic OH excluding ortho intramolecular Hbond substituents is 1. The van der Waals surface area contributed by atoms with Gasteiger partial charge in [0, 0.05) is 5.56 Å². The highest BCUT2D eigenvalue weighted by Gasteiger charge is 2.43. The summed E-state index contributed by atoms with van der Waals surface area (Å²) >= 11 is 0. The topological polar surface area (TPSA) is 82.5 Å². The van der Waals surface area contributed by atoms with Crippen molar-refractivity contribution in [3.8, 4) is 5.75 Å². The first kappa shape index (κ1) is 11.3. The van der Waals surface area contributed by atoms with E-state index in [1.54, 1.807) is 24.3 Å². The van der Waals surface area contributed by atoms with Crippen LogP contribution in [0.15, 0.2) is 24.3 Å². The van der Waals surface area contributed by atoms with Gasteiger partial charge in [-0.2, -0.15) is 0 Å². The van der Waals surface area contributed by atoms with Crippen molar-refractivity contribution in [3.63, 3.8) is 0 Å². The fourth-order valence-electron chi connectivity index (χ4n) is 1.43. The van der Waals surface area contributed by atoms with Gasteiger partial charge >= 0.3 is 0 Å². The first-order chi connectivity index (χ1) is 7.72. The second-order valence-corrected chi connectivity index (χ2v) is 3.65. The molecule has 0 saturated carbocycles. The Bertz CT molecular complexity index is 354. The average Bonchev–Trinajstić information content (AvgIpc) is 3.06. The molecule has 1 aromatic carbocycles. The van der Waals surface area contributed by atoms with E-state index in [1.165, 1.54) is 0 Å². The Balaban J connectivity index is 1.85. The minimum Gasteiger partial charge on any atom is -0.508 e. The second kappa shape index (κ2) is 4.80. The molecule has 0 amide bonds. The standard InChI is InChI=1S/C11H14O5/c12-5-7(13)6-15-11-10(16-11)8-3-1-2-4-9(8)14/h1-4,7,10-14H,5-6H2. The maximum atomic E-state index is 9.54. The average molecular weight is 226 g/mol. The number of epoxide rings is 1. The summed E-state index contributed by atoms with van der Waals surface area (Å²) in [6.07, 6.45) is -1.63. The Hall–Kier alpha value is -1.14. The number of hydrogen-bond donors (Lipinski definition) is 3. The van der Waals surface area contributed by atoms with E-state index in [1.807, 2.05) is 0 Å². The first-order valence-electron chi connectivity index (χ1n) is 5.06. The Morgan fingerprint density at radius 2 is 2.12 bits per heavy atom. The number of hydrogen-bond acceptors (Lipinski definition) is 5. The highest BCUT2D eigenvalue weighted by molar-refractivity contribution is 5.35. The lowest BCUT2D eigenvalue weighted by Gasteiger charge is -2.05. The van der Waals surface area contributed by atoms with E-state index in [2.05, 4.69) is 0 Å². The van der Waals surface area contributed by atoms with E-state index in [9.17, 15) is 5.11 Å². The molecule has 0 radical (unpaired) electrons. The molecule has 1 aliphatic heterocycles. The number of phenols is 1. The van der Waals surface area contributed by atoms with Crippen LogP contribution in [0.2, 0.25) is 0 Å². The minimum absolute atomic E-state index is 0.0191. The molecule has 1 saturated heterocycles. The molecule has 3 N–H and O–H groups in total. The highest BCUT2D eigenvalue weighted by Crippen LogP contribution is 2.42. The van der Waals surface area contributed by atoms with Crippen LogP contribution < -0.4 is 0 Å². The molecule has 1 heterocycles. The van der Waals surface area contributed by atoms with Gasteiger partial charge in [0.25, 0.3) is 0 Å². The van der Waals surface area contributed by atoms with Crippen LogP contribution in [-0.4, -0.2) is 40.9 Å². The Morgan fingerprint density at radius 1 is 1.38 bits per heavy atom. The summed E-state index contributed by atoms with van der Waals surface area (Å²) in [6.45, 7) is -0.320. The van der Waals surface area contributed by atoms with E-state index >= 15 is 0 Å². The molecule has 0 aliphatic carbocycles. The van der Waals surface area contributed by atoms with E-state index in [0.717, 1.165) is 0 Å². The predicted molar refractivity (Wildman–Crippen MR) is 54.8 cm³/mol. The van der Waals surface area contributed by atoms with Crippen LogP contribution in [0.25, 0.3) is 0 Å². The Labute approximate surface area is 92.9 Å². The number of aliphatic hydroxyl groups is 2. The van der Waals surface area contributed by atoms with Crippen LogP contribution in [-0.2, 0) is 9.47 Å². The van der Waals surface area contributed by atoms with Crippen molar-refractivity contribution in [1.82, 2.24) is 0 Å². The van der Waals surface area contributed by atoms with E-state index in [4.69, 9.17) is 19.7 Å². The number of rotatable bonds is 5. The fraction of sp³-hybridized carbons (Fsp3) is 0.455. The van der Waals surface area contributed by atoms with Gasteiger partial charge in [0.2, 0.25) is 0 Å². The van der Waals surface area contributed by atoms with Gasteiger partial charge in [-0.1, -0.05) is 18.2 Å². The summed E-state index contributed by atoms with van der Waals surface area (Å²) < 4.78 is 10.4. The van der Waals surface area contributed by atoms with Gasteiger partial charge in [0.15, 0.2) is 6.29 Å². The van der Waals surface area contributed by atoms with Crippen LogP contribution in [0.5, 0.6) is 5.75 Å². The molecule has 0 spiro atoms. The zero-order valence-electron chi connectivity index (χ0n) is 8.61. The lowest BCUT2D eigenvalue weighted by atomic mass is 10.1. The third kappa shape index (κ3) is 2.51. The molecule has 0 bridgehead atoms. The van der Waals surface area contributed by atoms with Crippen LogP contribution in [0.4, 0.5) is 0 Å². The molecular weight excluding hydrogens is 212 g/mol. The van der Waals surface area contributed by atoms with Crippen LogP contribution in [0, 0.1) is 0 Å². The van der Waals surface area contributed by atoms with E-state index in [-0.39, 0.29) is 25.1 Å². The lowest BCUT2D eigenvalue weighted by Crippen LogP contribution is -2.20. The Morgan fingerprint density at radius 3 is 2.81 bits per heavy atom. The number of ether oxygens (including phenoxy) is 2. The SMILES string of the molecule is OCC(O)COC1OC1c1ccccc1O. The molecule has 3 atom stereocenters. The third-order valence-corrected chi connectivity index (χ3v) is 2.36. The summed E-state index contributed by atoms with van der Waals surface area (Å²) in [6, 6.07) is 6.87. The van der Waals surface area contributed by atoms with Gasteiger partial charge in [-0.3, -0.25) is 0 Å². The lowest BCUT2D eigenvalue weighted by molar-refractivity contribution is -0.0275. The maximum absolute atomic E-state index is 9.54. The largest absolute Gasteiger partial charge is 0.508 e. The summed E-state index contributed by atoms with van der Waals surface area (Å²) in [5.74, 6) is 0.168. The summed E-state index contributed by atoms with van der Waals surface area (Å²) in [4.78, 5) is 0. The smallest absolute Gasteiger partial charge is 0.189 e. The zero-order valence-corrected chi connectivity index (χ0v) is 8.61. The zero-order chi connectivity index (χ0) is 11.5. The first-order valence-corrected chi connectivity index (χ1v) is 5.06. The number of benzene rings is 1. The normalized spacial score (nSPS) is 25.4. The molecule has 1 aliphatic rings. The molecule has 2 rings (SSSR count). The van der Waals surface area contributed by atoms with Gasteiger partial charge in [-0.25, -0.2) is 0 Å². The summed E-state index contributed by atoms with van der Waals surface area (Å²) in [5, 5.41) is 27.2. The molecule has 3 unspecified atom stereocenters. The van der Waals surface area contributed by atoms with Crippen LogP contribution >= 0.6 is 0 Å². The molecule has 5 heteroatoms.